The molecule has 1 aromatic carbocycles. The van der Waals surface area contributed by atoms with E-state index in [0.29, 0.717) is 15.1 Å². The van der Waals surface area contributed by atoms with Gasteiger partial charge in [-0.25, -0.2) is 4.79 Å². The molecule has 0 aromatic heterocycles. The van der Waals surface area contributed by atoms with Crippen LogP contribution in [-0.4, -0.2) is 27.0 Å². The SMILES string of the molecule is O=C(O)COc1ccccc1C=C1SC(=S)NC1=S. The van der Waals surface area contributed by atoms with Gasteiger partial charge in [0.1, 0.15) is 15.1 Å². The van der Waals surface area contributed by atoms with E-state index in [1.807, 2.05) is 18.2 Å². The number of nitrogens with one attached hydrogen (secondary N) is 1. The van der Waals surface area contributed by atoms with E-state index >= 15 is 0 Å². The van der Waals surface area contributed by atoms with Crippen LogP contribution < -0.4 is 10.1 Å². The van der Waals surface area contributed by atoms with Gasteiger partial charge in [-0.3, -0.25) is 0 Å². The van der Waals surface area contributed by atoms with Crippen molar-refractivity contribution in [1.82, 2.24) is 5.32 Å². The first-order chi connectivity index (χ1) is 9.06. The predicted molar refractivity (Wildman–Crippen MR) is 83.5 cm³/mol. The molecule has 0 saturated carbocycles. The van der Waals surface area contributed by atoms with Gasteiger partial charge in [0.05, 0.1) is 4.91 Å². The van der Waals surface area contributed by atoms with E-state index in [4.69, 9.17) is 34.3 Å². The molecular formula is C12H9NO3S3. The maximum atomic E-state index is 10.5. The largest absolute Gasteiger partial charge is 0.481 e. The summed E-state index contributed by atoms with van der Waals surface area (Å²) in [6, 6.07) is 7.16. The van der Waals surface area contributed by atoms with Crippen LogP contribution in [0, 0.1) is 0 Å². The Hall–Kier alpha value is -1.44. The molecule has 0 bridgehead atoms. The maximum Gasteiger partial charge on any atom is 0.341 e. The molecule has 1 heterocycles. The third-order valence-corrected chi connectivity index (χ3v) is 3.83. The van der Waals surface area contributed by atoms with Crippen LogP contribution in [0.5, 0.6) is 5.75 Å². The second-order valence-electron chi connectivity index (χ2n) is 3.57. The van der Waals surface area contributed by atoms with E-state index in [1.54, 1.807) is 12.1 Å². The minimum Gasteiger partial charge on any atom is -0.481 e. The standard InChI is InChI=1S/C12H9NO3S3/c14-10(15)6-16-8-4-2-1-3-7(8)5-9-11(17)13-12(18)19-9/h1-5H,6H2,(H,14,15)(H,13,17,18). The van der Waals surface area contributed by atoms with Crippen molar-refractivity contribution in [2.75, 3.05) is 6.61 Å². The fourth-order valence-corrected chi connectivity index (χ4v) is 2.90. The van der Waals surface area contributed by atoms with Crippen LogP contribution in [0.25, 0.3) is 6.08 Å². The Morgan fingerprint density at radius 2 is 2.16 bits per heavy atom. The Morgan fingerprint density at radius 1 is 1.42 bits per heavy atom. The third kappa shape index (κ3) is 3.76. The summed E-state index contributed by atoms with van der Waals surface area (Å²) >= 11 is 11.5. The molecule has 0 radical (unpaired) electrons. The molecule has 1 saturated heterocycles. The highest BCUT2D eigenvalue weighted by molar-refractivity contribution is 8.27. The predicted octanol–water partition coefficient (Wildman–Crippen LogP) is 2.44. The lowest BCUT2D eigenvalue weighted by molar-refractivity contribution is -0.139. The lowest BCUT2D eigenvalue weighted by Gasteiger charge is -2.07. The number of ether oxygens (including phenoxy) is 1. The molecule has 98 valence electrons. The van der Waals surface area contributed by atoms with Crippen LogP contribution in [0.15, 0.2) is 29.2 Å². The van der Waals surface area contributed by atoms with Gasteiger partial charge in [0.2, 0.25) is 0 Å². The van der Waals surface area contributed by atoms with Gasteiger partial charge in [-0.15, -0.1) is 0 Å². The zero-order chi connectivity index (χ0) is 13.8. The van der Waals surface area contributed by atoms with E-state index in [2.05, 4.69) is 5.32 Å². The fraction of sp³-hybridized carbons (Fsp3) is 0.0833. The van der Waals surface area contributed by atoms with E-state index in [1.165, 1.54) is 11.8 Å². The van der Waals surface area contributed by atoms with Crippen molar-refractivity contribution in [3.05, 3.63) is 34.7 Å². The second-order valence-corrected chi connectivity index (χ2v) is 5.70. The molecule has 1 fully saturated rings. The van der Waals surface area contributed by atoms with Gasteiger partial charge in [0.15, 0.2) is 6.61 Å². The molecule has 2 rings (SSSR count). The van der Waals surface area contributed by atoms with Crippen molar-refractivity contribution >= 4 is 57.6 Å². The Kier molecular flexibility index (Phi) is 4.52. The smallest absolute Gasteiger partial charge is 0.341 e. The number of aliphatic carboxylic acids is 1. The molecule has 1 aromatic rings. The topological polar surface area (TPSA) is 58.6 Å². The number of para-hydroxylation sites is 1. The van der Waals surface area contributed by atoms with Crippen LogP contribution in [-0.2, 0) is 4.79 Å². The summed E-state index contributed by atoms with van der Waals surface area (Å²) in [6.45, 7) is -0.381. The number of carboxylic acids is 1. The summed E-state index contributed by atoms with van der Waals surface area (Å²) < 4.78 is 5.83. The van der Waals surface area contributed by atoms with E-state index in [0.717, 1.165) is 10.5 Å². The first-order valence-electron chi connectivity index (χ1n) is 5.25. The minimum absolute atomic E-state index is 0.381. The first-order valence-corrected chi connectivity index (χ1v) is 6.88. The molecule has 0 atom stereocenters. The van der Waals surface area contributed by atoms with Crippen LogP contribution >= 0.6 is 36.2 Å². The molecule has 1 aliphatic heterocycles. The van der Waals surface area contributed by atoms with Crippen LogP contribution in [0.1, 0.15) is 5.56 Å². The molecule has 0 amide bonds. The maximum absolute atomic E-state index is 10.5. The highest BCUT2D eigenvalue weighted by Gasteiger charge is 2.19. The first kappa shape index (κ1) is 14.0. The van der Waals surface area contributed by atoms with Gasteiger partial charge in [0.25, 0.3) is 0 Å². The van der Waals surface area contributed by atoms with Crippen LogP contribution in [0.2, 0.25) is 0 Å². The monoisotopic (exact) mass is 311 g/mol. The highest BCUT2D eigenvalue weighted by atomic mass is 32.2. The van der Waals surface area contributed by atoms with Gasteiger partial charge in [-0.05, 0) is 12.1 Å². The summed E-state index contributed by atoms with van der Waals surface area (Å²) in [7, 11) is 0. The van der Waals surface area contributed by atoms with Crippen molar-refractivity contribution in [3.63, 3.8) is 0 Å². The number of rotatable bonds is 4. The summed E-state index contributed by atoms with van der Waals surface area (Å²) in [5.74, 6) is -0.519. The Bertz CT molecular complexity index is 583. The highest BCUT2D eigenvalue weighted by Crippen LogP contribution is 2.29. The van der Waals surface area contributed by atoms with E-state index < -0.39 is 5.97 Å². The van der Waals surface area contributed by atoms with E-state index in [9.17, 15) is 4.79 Å². The summed E-state index contributed by atoms with van der Waals surface area (Å²) in [6.07, 6.45) is 1.83. The van der Waals surface area contributed by atoms with Crippen LogP contribution in [0.3, 0.4) is 0 Å². The molecule has 4 nitrogen and oxygen atoms in total. The van der Waals surface area contributed by atoms with Crippen molar-refractivity contribution in [1.29, 1.82) is 0 Å². The average Bonchev–Trinajstić information content (AvgIpc) is 2.67. The molecule has 0 spiro atoms. The number of carboxylic acid groups (broad SMARTS) is 1. The Morgan fingerprint density at radius 3 is 2.79 bits per heavy atom. The number of hydrogen-bond donors (Lipinski definition) is 2. The third-order valence-electron chi connectivity index (χ3n) is 2.20. The van der Waals surface area contributed by atoms with Gasteiger partial charge < -0.3 is 15.2 Å². The molecular weight excluding hydrogens is 302 g/mol. The number of benzene rings is 1. The molecule has 0 aliphatic carbocycles. The molecule has 7 heteroatoms. The second kappa shape index (κ2) is 6.14. The number of hydrogen-bond acceptors (Lipinski definition) is 5. The molecule has 2 N–H and O–H groups in total. The Balaban J connectivity index is 2.25. The average molecular weight is 311 g/mol. The molecule has 19 heavy (non-hydrogen) atoms. The normalized spacial score (nSPS) is 16.5. The lowest BCUT2D eigenvalue weighted by Crippen LogP contribution is -2.15. The zero-order valence-electron chi connectivity index (χ0n) is 9.58. The number of thiocarbonyl (C=S) groups is 2. The van der Waals surface area contributed by atoms with Gasteiger partial charge in [-0.2, -0.15) is 0 Å². The molecule has 0 unspecified atom stereocenters. The quantitative estimate of drug-likeness (QED) is 0.654. The Labute approximate surface area is 124 Å². The van der Waals surface area contributed by atoms with Crippen molar-refractivity contribution in [2.24, 2.45) is 0 Å². The van der Waals surface area contributed by atoms with Crippen molar-refractivity contribution < 1.29 is 14.6 Å². The fourth-order valence-electron chi connectivity index (χ4n) is 1.43. The number of carbonyl (C=O) groups is 1. The van der Waals surface area contributed by atoms with Crippen LogP contribution in [0.4, 0.5) is 0 Å². The zero-order valence-corrected chi connectivity index (χ0v) is 12.0. The van der Waals surface area contributed by atoms with Gasteiger partial charge in [0, 0.05) is 5.56 Å². The van der Waals surface area contributed by atoms with E-state index in [-0.39, 0.29) is 6.61 Å². The van der Waals surface area contributed by atoms with Gasteiger partial charge in [-0.1, -0.05) is 54.4 Å². The van der Waals surface area contributed by atoms with Gasteiger partial charge >= 0.3 is 5.97 Å². The summed E-state index contributed by atoms with van der Waals surface area (Å²) in [4.78, 5) is 11.9. The van der Waals surface area contributed by atoms with Crippen molar-refractivity contribution in [3.8, 4) is 5.75 Å². The number of thioether (sulfide) groups is 1. The van der Waals surface area contributed by atoms with Crippen molar-refractivity contribution in [2.45, 2.75) is 0 Å². The molecule has 1 aliphatic rings. The lowest BCUT2D eigenvalue weighted by atomic mass is 10.2. The minimum atomic E-state index is -1.02. The summed E-state index contributed by atoms with van der Waals surface area (Å²) in [5.41, 5.74) is 0.764. The summed E-state index contributed by atoms with van der Waals surface area (Å²) in [5, 5.41) is 11.5.